The molecule has 0 saturated heterocycles. The summed E-state index contributed by atoms with van der Waals surface area (Å²) in [5, 5.41) is 2.89. The van der Waals surface area contributed by atoms with E-state index in [2.05, 4.69) is 80.6 Å². The molecule has 303 valence electrons. The molecule has 1 heterocycles. The predicted octanol–water partition coefficient (Wildman–Crippen LogP) is 13.1. The van der Waals surface area contributed by atoms with E-state index in [9.17, 15) is 26.3 Å². The Hall–Kier alpha value is -4.52. The van der Waals surface area contributed by atoms with Crippen molar-refractivity contribution >= 4 is 35.3 Å². The third kappa shape index (κ3) is 7.26. The molecule has 9 rings (SSSR count). The van der Waals surface area contributed by atoms with Gasteiger partial charge in [-0.1, -0.05) is 0 Å². The first-order valence-corrected chi connectivity index (χ1v) is 26.5. The van der Waals surface area contributed by atoms with Crippen molar-refractivity contribution in [2.75, 3.05) is 0 Å². The Kier molecular flexibility index (Phi) is 11.2. The van der Waals surface area contributed by atoms with E-state index in [1.54, 1.807) is 24.3 Å². The molecule has 1 aliphatic heterocycles. The molecular formula is C52H45F6SiZr. The van der Waals surface area contributed by atoms with Gasteiger partial charge in [0.2, 0.25) is 0 Å². The molecule has 6 aromatic carbocycles. The predicted molar refractivity (Wildman–Crippen MR) is 234 cm³/mol. The van der Waals surface area contributed by atoms with Crippen LogP contribution < -0.4 is 13.6 Å². The van der Waals surface area contributed by atoms with Crippen LogP contribution in [0, 0.1) is 0 Å². The van der Waals surface area contributed by atoms with Crippen molar-refractivity contribution in [2.45, 2.75) is 72.0 Å². The number of alkyl halides is 6. The molecule has 3 aliphatic rings. The Morgan fingerprint density at radius 2 is 0.917 bits per heavy atom. The molecule has 60 heavy (non-hydrogen) atoms. The molecule has 8 heteroatoms. The number of rotatable bonds is 11. The summed E-state index contributed by atoms with van der Waals surface area (Å²) >= 11 is -3.35. The fourth-order valence-electron chi connectivity index (χ4n) is 10.2. The van der Waals surface area contributed by atoms with Crippen LogP contribution >= 0.6 is 0 Å². The molecule has 0 bridgehead atoms. The number of halogens is 6. The van der Waals surface area contributed by atoms with E-state index in [1.807, 2.05) is 24.3 Å². The number of benzene rings is 6. The van der Waals surface area contributed by atoms with E-state index in [1.165, 1.54) is 60.2 Å². The van der Waals surface area contributed by atoms with Crippen molar-refractivity contribution in [3.05, 3.63) is 172 Å². The van der Waals surface area contributed by atoms with Crippen LogP contribution in [0.15, 0.2) is 139 Å². The van der Waals surface area contributed by atoms with Gasteiger partial charge in [0, 0.05) is 0 Å². The van der Waals surface area contributed by atoms with Crippen molar-refractivity contribution in [3.8, 4) is 33.4 Å². The average Bonchev–Trinajstić information content (AvgIpc) is 3.93. The van der Waals surface area contributed by atoms with E-state index in [0.717, 1.165) is 60.8 Å². The Labute approximate surface area is 358 Å². The standard InChI is InChI=1S/2C20H18F3.C12H9Si.Zr/c2*1-2-3-7-14-12-15-8-6-10-16(18(15)13-14)17-9-4-5-11-19(17)20(21,22)23;1-3-7-11-9(5-1)10-6-2-4-8-12(10)13-11;/h2*4-6,8-13H,2-3,7H2,1H3;1-7H,13H2;. The van der Waals surface area contributed by atoms with Gasteiger partial charge in [-0.2, -0.15) is 0 Å². The van der Waals surface area contributed by atoms with Crippen LogP contribution in [0.25, 0.3) is 45.5 Å². The fraction of sp³-hybridized carbons (Fsp3) is 0.231. The Bertz CT molecular complexity index is 2530. The molecule has 0 radical (unpaired) electrons. The van der Waals surface area contributed by atoms with Crippen LogP contribution in [-0.4, -0.2) is 9.52 Å². The van der Waals surface area contributed by atoms with E-state index in [0.29, 0.717) is 11.1 Å². The monoisotopic (exact) mass is 901 g/mol. The maximum absolute atomic E-state index is 14.7. The van der Waals surface area contributed by atoms with Crippen LogP contribution in [-0.2, 0) is 34.1 Å². The van der Waals surface area contributed by atoms with Gasteiger partial charge < -0.3 is 0 Å². The molecule has 0 aromatic heterocycles. The van der Waals surface area contributed by atoms with Gasteiger partial charge >= 0.3 is 361 Å². The quantitative estimate of drug-likeness (QED) is 0.0896. The molecule has 0 fully saturated rings. The van der Waals surface area contributed by atoms with Gasteiger partial charge in [0.25, 0.3) is 0 Å². The first-order chi connectivity index (χ1) is 29.0. The van der Waals surface area contributed by atoms with Crippen LogP contribution in [0.1, 0.15) is 93.0 Å². The summed E-state index contributed by atoms with van der Waals surface area (Å²) in [6.45, 7) is 4.35. The van der Waals surface area contributed by atoms with Gasteiger partial charge in [-0.25, -0.2) is 0 Å². The van der Waals surface area contributed by atoms with Gasteiger partial charge in [-0.05, 0) is 0 Å². The molecular weight excluding hydrogens is 858 g/mol. The second-order valence-electron chi connectivity index (χ2n) is 16.3. The summed E-state index contributed by atoms with van der Waals surface area (Å²) in [5.74, 6) is 0. The zero-order valence-electron chi connectivity index (χ0n) is 33.7. The summed E-state index contributed by atoms with van der Waals surface area (Å²) in [7, 11) is -0.884. The number of unbranched alkanes of at least 4 members (excludes halogenated alkanes) is 2. The number of hydrogen-bond acceptors (Lipinski definition) is 0. The third-order valence-electron chi connectivity index (χ3n) is 12.8. The van der Waals surface area contributed by atoms with Crippen LogP contribution in [0.2, 0.25) is 0 Å². The molecule has 0 N–H and O–H groups in total. The second-order valence-corrected chi connectivity index (χ2v) is 24.6. The molecule has 2 atom stereocenters. The van der Waals surface area contributed by atoms with Gasteiger partial charge in [0.05, 0.1) is 0 Å². The first-order valence-electron chi connectivity index (χ1n) is 21.1. The minimum absolute atomic E-state index is 0.0169. The average molecular weight is 903 g/mol. The molecule has 2 unspecified atom stereocenters. The van der Waals surface area contributed by atoms with Crippen LogP contribution in [0.3, 0.4) is 0 Å². The van der Waals surface area contributed by atoms with Gasteiger partial charge in [-0.15, -0.1) is 0 Å². The van der Waals surface area contributed by atoms with Gasteiger partial charge in [0.1, 0.15) is 0 Å². The number of fused-ring (bicyclic) bond motifs is 5. The summed E-state index contributed by atoms with van der Waals surface area (Å²) in [4.78, 5) is 0. The maximum atomic E-state index is 14.7. The van der Waals surface area contributed by atoms with Crippen LogP contribution in [0.4, 0.5) is 26.3 Å². The second kappa shape index (κ2) is 16.4. The van der Waals surface area contributed by atoms with Crippen molar-refractivity contribution in [1.29, 1.82) is 0 Å². The minimum atomic E-state index is -4.52. The van der Waals surface area contributed by atoms with Gasteiger partial charge in [0.15, 0.2) is 0 Å². The Balaban J connectivity index is 1.32. The van der Waals surface area contributed by atoms with Crippen molar-refractivity contribution in [2.24, 2.45) is 0 Å². The molecule has 0 amide bonds. The van der Waals surface area contributed by atoms with E-state index in [-0.39, 0.29) is 18.4 Å². The van der Waals surface area contributed by atoms with Gasteiger partial charge in [-0.3, -0.25) is 0 Å². The molecule has 2 aliphatic carbocycles. The Morgan fingerprint density at radius 1 is 0.483 bits per heavy atom. The summed E-state index contributed by atoms with van der Waals surface area (Å²) < 4.78 is 89.4. The normalized spacial score (nSPS) is 16.9. The topological polar surface area (TPSA) is 0 Å². The number of hydrogen-bond donors (Lipinski definition) is 0. The Morgan fingerprint density at radius 3 is 1.42 bits per heavy atom. The molecule has 0 spiro atoms. The van der Waals surface area contributed by atoms with E-state index >= 15 is 0 Å². The van der Waals surface area contributed by atoms with Crippen molar-refractivity contribution < 1.29 is 48.1 Å². The first kappa shape index (κ1) is 40.9. The van der Waals surface area contributed by atoms with Crippen molar-refractivity contribution in [3.63, 3.8) is 0 Å². The summed E-state index contributed by atoms with van der Waals surface area (Å²) in [6.07, 6.45) is 0.935. The van der Waals surface area contributed by atoms with E-state index in [4.69, 9.17) is 0 Å². The van der Waals surface area contributed by atoms with Crippen molar-refractivity contribution in [1.82, 2.24) is 0 Å². The third-order valence-corrected chi connectivity index (χ3v) is 24.8. The summed E-state index contributed by atoms with van der Waals surface area (Å²) in [6, 6.07) is 39.2. The zero-order chi connectivity index (χ0) is 41.8. The number of allylic oxidation sites excluding steroid dienone is 2. The zero-order valence-corrected chi connectivity index (χ0v) is 37.5. The molecule has 6 aromatic rings. The SMILES string of the molecule is CCCCC1=Cc2c(-c3ccccc3C(F)(F)F)cccc2[CH]1[Zr]([c]1cccc2c1[SiH2]c1ccccc1-2)[CH]1C(CCCC)=Cc2c(-c3ccccc3C(F)(F)F)cccc21. The molecule has 0 nitrogen and oxygen atoms in total. The summed E-state index contributed by atoms with van der Waals surface area (Å²) in [5.41, 5.74) is 9.39. The van der Waals surface area contributed by atoms with Crippen LogP contribution in [0.5, 0.6) is 0 Å². The fourth-order valence-corrected chi connectivity index (χ4v) is 24.2. The molecule has 0 saturated carbocycles. The van der Waals surface area contributed by atoms with E-state index < -0.39 is 54.7 Å².